The Balaban J connectivity index is 1.58. The number of hydrogen-bond acceptors (Lipinski definition) is 5. The van der Waals surface area contributed by atoms with E-state index in [4.69, 9.17) is 17.3 Å². The molecule has 0 saturated heterocycles. The summed E-state index contributed by atoms with van der Waals surface area (Å²) in [6.45, 7) is -1.49. The van der Waals surface area contributed by atoms with Crippen molar-refractivity contribution in [2.24, 2.45) is 0 Å². The van der Waals surface area contributed by atoms with Crippen molar-refractivity contribution in [3.05, 3.63) is 82.3 Å². The number of halogens is 6. The van der Waals surface area contributed by atoms with Gasteiger partial charge in [-0.1, -0.05) is 17.7 Å². The lowest BCUT2D eigenvalue weighted by Gasteiger charge is -2.24. The van der Waals surface area contributed by atoms with Gasteiger partial charge in [0.1, 0.15) is 23.6 Å². The van der Waals surface area contributed by atoms with E-state index >= 15 is 4.39 Å². The SMILES string of the molecule is Nc1nc2cc(-c3ccc(Cl)c(C(=O)NCC(F)(F)C(O)c4ccc(F)cc4F)c3F)ccn2n1. The third-order valence-electron chi connectivity index (χ3n) is 5.12. The van der Waals surface area contributed by atoms with Crippen LogP contribution in [0.2, 0.25) is 5.02 Å². The number of fused-ring (bicyclic) bond motifs is 1. The second-order valence-electron chi connectivity index (χ2n) is 7.48. The van der Waals surface area contributed by atoms with Gasteiger partial charge in [-0.2, -0.15) is 4.98 Å². The number of aliphatic hydroxyl groups excluding tert-OH is 1. The summed E-state index contributed by atoms with van der Waals surface area (Å²) >= 11 is 5.96. The summed E-state index contributed by atoms with van der Waals surface area (Å²) in [5.41, 5.74) is 4.43. The topological polar surface area (TPSA) is 106 Å². The molecular formula is C22H15ClF5N5O2. The van der Waals surface area contributed by atoms with Crippen LogP contribution in [0.15, 0.2) is 48.7 Å². The van der Waals surface area contributed by atoms with Crippen LogP contribution in [-0.4, -0.2) is 38.1 Å². The first kappa shape index (κ1) is 24.4. The molecule has 7 nitrogen and oxygen atoms in total. The van der Waals surface area contributed by atoms with Gasteiger partial charge in [0.15, 0.2) is 5.65 Å². The Morgan fingerprint density at radius 1 is 1.17 bits per heavy atom. The molecule has 0 bridgehead atoms. The normalized spacial score (nSPS) is 12.7. The minimum absolute atomic E-state index is 0.0116. The van der Waals surface area contributed by atoms with E-state index in [9.17, 15) is 27.5 Å². The maximum absolute atomic E-state index is 15.3. The Kier molecular flexibility index (Phi) is 6.34. The molecule has 1 unspecified atom stereocenters. The van der Waals surface area contributed by atoms with Crippen LogP contribution < -0.4 is 11.1 Å². The highest BCUT2D eigenvalue weighted by Gasteiger charge is 2.41. The molecule has 0 aliphatic rings. The summed E-state index contributed by atoms with van der Waals surface area (Å²) in [5.74, 6) is -8.91. The second kappa shape index (κ2) is 9.12. The first-order valence-electron chi connectivity index (χ1n) is 9.87. The van der Waals surface area contributed by atoms with Crippen molar-refractivity contribution in [1.29, 1.82) is 0 Å². The van der Waals surface area contributed by atoms with Gasteiger partial charge in [0.25, 0.3) is 11.8 Å². The van der Waals surface area contributed by atoms with Crippen molar-refractivity contribution in [3.8, 4) is 11.1 Å². The molecule has 1 amide bonds. The highest BCUT2D eigenvalue weighted by atomic mass is 35.5. The number of nitrogens with one attached hydrogen (secondary N) is 1. The molecule has 0 fully saturated rings. The summed E-state index contributed by atoms with van der Waals surface area (Å²) in [7, 11) is 0. The maximum atomic E-state index is 15.3. The average Bonchev–Trinajstić information content (AvgIpc) is 3.16. The molecule has 0 radical (unpaired) electrons. The third kappa shape index (κ3) is 4.75. The van der Waals surface area contributed by atoms with E-state index in [-0.39, 0.29) is 22.1 Å². The number of aliphatic hydroxyl groups is 1. The number of nitrogen functional groups attached to an aromatic ring is 1. The lowest BCUT2D eigenvalue weighted by Crippen LogP contribution is -2.41. The summed E-state index contributed by atoms with van der Waals surface area (Å²) < 4.78 is 72.4. The number of carbonyl (C=O) groups is 1. The number of nitrogens with zero attached hydrogens (tertiary/aromatic N) is 3. The summed E-state index contributed by atoms with van der Waals surface area (Å²) in [4.78, 5) is 16.5. The molecule has 0 saturated carbocycles. The first-order chi connectivity index (χ1) is 16.5. The molecule has 13 heteroatoms. The standard InChI is InChI=1S/C22H15ClF5N5O2/c23-14-4-3-12(10-5-6-33-16(7-10)31-21(29)32-33)18(26)17(14)20(35)30-9-22(27,28)19(34)13-2-1-11(24)8-15(13)25/h1-8,19,34H,9H2,(H2,29,32)(H,30,35). The Hall–Kier alpha value is -3.77. The smallest absolute Gasteiger partial charge is 0.294 e. The average molecular weight is 512 g/mol. The van der Waals surface area contributed by atoms with Crippen LogP contribution in [-0.2, 0) is 0 Å². The Bertz CT molecular complexity index is 1450. The Morgan fingerprint density at radius 2 is 1.91 bits per heavy atom. The zero-order chi connectivity index (χ0) is 25.5. The predicted octanol–water partition coefficient (Wildman–Crippen LogP) is 4.15. The molecule has 2 heterocycles. The number of amides is 1. The number of anilines is 1. The van der Waals surface area contributed by atoms with Gasteiger partial charge in [0.05, 0.1) is 17.1 Å². The van der Waals surface area contributed by atoms with Crippen molar-refractivity contribution in [1.82, 2.24) is 19.9 Å². The zero-order valence-corrected chi connectivity index (χ0v) is 18.2. The van der Waals surface area contributed by atoms with Crippen LogP contribution in [0.25, 0.3) is 16.8 Å². The lowest BCUT2D eigenvalue weighted by atomic mass is 10.0. The summed E-state index contributed by atoms with van der Waals surface area (Å²) in [6, 6.07) is 7.09. The Morgan fingerprint density at radius 3 is 2.63 bits per heavy atom. The van der Waals surface area contributed by atoms with Crippen LogP contribution in [0.4, 0.5) is 27.9 Å². The van der Waals surface area contributed by atoms with Crippen molar-refractivity contribution in [3.63, 3.8) is 0 Å². The monoisotopic (exact) mass is 511 g/mol. The third-order valence-corrected chi connectivity index (χ3v) is 5.44. The number of alkyl halides is 2. The molecule has 0 spiro atoms. The molecule has 182 valence electrons. The van der Waals surface area contributed by atoms with E-state index in [1.807, 2.05) is 0 Å². The molecule has 1 atom stereocenters. The van der Waals surface area contributed by atoms with Crippen molar-refractivity contribution in [2.45, 2.75) is 12.0 Å². The van der Waals surface area contributed by atoms with Crippen LogP contribution in [0.3, 0.4) is 0 Å². The fourth-order valence-corrected chi connectivity index (χ4v) is 3.62. The van der Waals surface area contributed by atoms with Crippen LogP contribution in [0.5, 0.6) is 0 Å². The minimum atomic E-state index is -4.09. The second-order valence-corrected chi connectivity index (χ2v) is 7.89. The molecule has 4 aromatic rings. The van der Waals surface area contributed by atoms with Crippen LogP contribution >= 0.6 is 11.6 Å². The van der Waals surface area contributed by atoms with Gasteiger partial charge < -0.3 is 16.2 Å². The number of carbonyl (C=O) groups excluding carboxylic acids is 1. The van der Waals surface area contributed by atoms with E-state index in [1.165, 1.54) is 35.0 Å². The number of nitrogens with two attached hydrogens (primary N) is 1. The largest absolute Gasteiger partial charge is 0.382 e. The van der Waals surface area contributed by atoms with E-state index in [1.54, 1.807) is 5.32 Å². The molecule has 0 aliphatic carbocycles. The molecule has 2 aromatic carbocycles. The number of hydrogen-bond donors (Lipinski definition) is 3. The summed E-state index contributed by atoms with van der Waals surface area (Å²) in [6.07, 6.45) is -1.25. The highest BCUT2D eigenvalue weighted by Crippen LogP contribution is 2.34. The van der Waals surface area contributed by atoms with Gasteiger partial charge in [0, 0.05) is 23.4 Å². The van der Waals surface area contributed by atoms with Gasteiger partial charge in [-0.3, -0.25) is 4.79 Å². The van der Waals surface area contributed by atoms with Gasteiger partial charge in [0.2, 0.25) is 5.95 Å². The fraction of sp³-hybridized carbons (Fsp3) is 0.136. The van der Waals surface area contributed by atoms with Crippen molar-refractivity contribution >= 4 is 29.1 Å². The molecular weight excluding hydrogens is 497 g/mol. The van der Waals surface area contributed by atoms with E-state index in [0.29, 0.717) is 23.8 Å². The Labute approximate surface area is 199 Å². The van der Waals surface area contributed by atoms with Crippen molar-refractivity contribution in [2.75, 3.05) is 12.3 Å². The number of benzene rings is 2. The van der Waals surface area contributed by atoms with E-state index in [0.717, 1.165) is 0 Å². The molecule has 2 aromatic heterocycles. The van der Waals surface area contributed by atoms with E-state index < -0.39 is 53.1 Å². The summed E-state index contributed by atoms with van der Waals surface area (Å²) in [5, 5.41) is 15.2. The van der Waals surface area contributed by atoms with Crippen LogP contribution in [0, 0.1) is 17.5 Å². The van der Waals surface area contributed by atoms with Gasteiger partial charge in [-0.25, -0.2) is 26.5 Å². The minimum Gasteiger partial charge on any atom is -0.382 e. The number of pyridine rings is 1. The van der Waals surface area contributed by atoms with Crippen molar-refractivity contribution < 1.29 is 31.9 Å². The van der Waals surface area contributed by atoms with Gasteiger partial charge >= 0.3 is 0 Å². The highest BCUT2D eigenvalue weighted by molar-refractivity contribution is 6.34. The van der Waals surface area contributed by atoms with Gasteiger partial charge in [-0.05, 0) is 35.9 Å². The zero-order valence-electron chi connectivity index (χ0n) is 17.4. The lowest BCUT2D eigenvalue weighted by molar-refractivity contribution is -0.107. The van der Waals surface area contributed by atoms with Gasteiger partial charge in [-0.15, -0.1) is 5.10 Å². The quantitative estimate of drug-likeness (QED) is 0.337. The van der Waals surface area contributed by atoms with E-state index in [2.05, 4.69) is 10.1 Å². The molecule has 4 rings (SSSR count). The molecule has 35 heavy (non-hydrogen) atoms. The molecule has 4 N–H and O–H groups in total. The number of rotatable bonds is 6. The van der Waals surface area contributed by atoms with Crippen LogP contribution in [0.1, 0.15) is 22.0 Å². The fourth-order valence-electron chi connectivity index (χ4n) is 3.38. The predicted molar refractivity (Wildman–Crippen MR) is 116 cm³/mol. The first-order valence-corrected chi connectivity index (χ1v) is 10.2. The molecule has 0 aliphatic heterocycles. The number of aromatic nitrogens is 3. The maximum Gasteiger partial charge on any atom is 0.294 e.